The molecule has 2 N–H and O–H groups in total. The Bertz CT molecular complexity index is 353. The van der Waals surface area contributed by atoms with Gasteiger partial charge in [0, 0.05) is 17.7 Å². The lowest BCUT2D eigenvalue weighted by atomic mass is 9.94. The van der Waals surface area contributed by atoms with Crippen molar-refractivity contribution in [2.24, 2.45) is 5.73 Å². The first-order valence-electron chi connectivity index (χ1n) is 5.31. The zero-order valence-electron chi connectivity index (χ0n) is 8.87. The lowest BCUT2D eigenvalue weighted by molar-refractivity contribution is -0.000210. The van der Waals surface area contributed by atoms with Gasteiger partial charge in [0.25, 0.3) is 0 Å². The summed E-state index contributed by atoms with van der Waals surface area (Å²) in [6, 6.07) is 5.99. The van der Waals surface area contributed by atoms with E-state index in [2.05, 4.69) is 0 Å². The molecule has 1 aromatic rings. The standard InChI is InChI=1S/C12H16ClNO/c1-8-7-9(13)4-5-10(8)12-11(14)3-2-6-15-12/h4-5,7,11-12H,2-3,6,14H2,1H3. The summed E-state index contributed by atoms with van der Waals surface area (Å²) in [5.74, 6) is 0. The van der Waals surface area contributed by atoms with Gasteiger partial charge < -0.3 is 10.5 Å². The maximum absolute atomic E-state index is 6.06. The van der Waals surface area contributed by atoms with Crippen LogP contribution in [0.3, 0.4) is 0 Å². The van der Waals surface area contributed by atoms with Crippen molar-refractivity contribution in [3.05, 3.63) is 34.3 Å². The third-order valence-corrected chi connectivity index (χ3v) is 3.14. The number of ether oxygens (including phenoxy) is 1. The molecular weight excluding hydrogens is 210 g/mol. The van der Waals surface area contributed by atoms with Gasteiger partial charge in [0.15, 0.2) is 0 Å². The van der Waals surface area contributed by atoms with Crippen LogP contribution >= 0.6 is 11.6 Å². The molecule has 0 amide bonds. The van der Waals surface area contributed by atoms with Crippen LogP contribution < -0.4 is 5.73 Å². The number of halogens is 1. The molecule has 2 atom stereocenters. The molecule has 0 bridgehead atoms. The molecule has 1 aromatic carbocycles. The van der Waals surface area contributed by atoms with Crippen LogP contribution in [0.4, 0.5) is 0 Å². The minimum Gasteiger partial charge on any atom is -0.372 e. The van der Waals surface area contributed by atoms with Crippen LogP contribution in [0.25, 0.3) is 0 Å². The van der Waals surface area contributed by atoms with E-state index < -0.39 is 0 Å². The number of rotatable bonds is 1. The molecule has 0 saturated carbocycles. The normalized spacial score (nSPS) is 26.6. The van der Waals surface area contributed by atoms with Crippen molar-refractivity contribution in [2.45, 2.75) is 31.9 Å². The van der Waals surface area contributed by atoms with E-state index in [1.54, 1.807) is 0 Å². The minimum absolute atomic E-state index is 0.0380. The second-order valence-corrected chi connectivity index (χ2v) is 4.53. The topological polar surface area (TPSA) is 35.2 Å². The molecule has 2 rings (SSSR count). The first-order valence-corrected chi connectivity index (χ1v) is 5.69. The summed E-state index contributed by atoms with van der Waals surface area (Å²) < 4.78 is 5.73. The second kappa shape index (κ2) is 4.52. The Morgan fingerprint density at radius 2 is 2.27 bits per heavy atom. The summed E-state index contributed by atoms with van der Waals surface area (Å²) in [6.07, 6.45) is 2.13. The molecule has 0 aliphatic carbocycles. The highest BCUT2D eigenvalue weighted by Gasteiger charge is 2.25. The average molecular weight is 226 g/mol. The van der Waals surface area contributed by atoms with Gasteiger partial charge >= 0.3 is 0 Å². The monoisotopic (exact) mass is 225 g/mol. The van der Waals surface area contributed by atoms with Crippen molar-refractivity contribution in [3.8, 4) is 0 Å². The van der Waals surface area contributed by atoms with Crippen LogP contribution in [0, 0.1) is 6.92 Å². The Morgan fingerprint density at radius 3 is 2.93 bits per heavy atom. The summed E-state index contributed by atoms with van der Waals surface area (Å²) in [4.78, 5) is 0. The highest BCUT2D eigenvalue weighted by Crippen LogP contribution is 2.30. The van der Waals surface area contributed by atoms with Crippen LogP contribution in [-0.4, -0.2) is 12.6 Å². The van der Waals surface area contributed by atoms with Gasteiger partial charge in [-0.15, -0.1) is 0 Å². The molecule has 82 valence electrons. The SMILES string of the molecule is Cc1cc(Cl)ccc1C1OCCCC1N. The third kappa shape index (κ3) is 2.33. The van der Waals surface area contributed by atoms with Crippen molar-refractivity contribution in [3.63, 3.8) is 0 Å². The molecule has 2 unspecified atom stereocenters. The first kappa shape index (κ1) is 10.9. The number of nitrogens with two attached hydrogens (primary N) is 1. The van der Waals surface area contributed by atoms with E-state index in [9.17, 15) is 0 Å². The van der Waals surface area contributed by atoms with Crippen molar-refractivity contribution in [1.82, 2.24) is 0 Å². The molecule has 1 aliphatic rings. The fraction of sp³-hybridized carbons (Fsp3) is 0.500. The van der Waals surface area contributed by atoms with E-state index in [1.807, 2.05) is 25.1 Å². The molecule has 15 heavy (non-hydrogen) atoms. The summed E-state index contributed by atoms with van der Waals surface area (Å²) in [5.41, 5.74) is 8.39. The van der Waals surface area contributed by atoms with E-state index in [1.165, 1.54) is 5.56 Å². The fourth-order valence-corrected chi connectivity index (χ4v) is 2.31. The molecular formula is C12H16ClNO. The highest BCUT2D eigenvalue weighted by molar-refractivity contribution is 6.30. The lowest BCUT2D eigenvalue weighted by Gasteiger charge is -2.30. The Morgan fingerprint density at radius 1 is 1.47 bits per heavy atom. The maximum atomic E-state index is 6.06. The Hall–Kier alpha value is -0.570. The Labute approximate surface area is 95.4 Å². The smallest absolute Gasteiger partial charge is 0.0978 e. The largest absolute Gasteiger partial charge is 0.372 e. The number of hydrogen-bond donors (Lipinski definition) is 1. The summed E-state index contributed by atoms with van der Waals surface area (Å²) in [5, 5.41) is 0.764. The Balaban J connectivity index is 2.27. The van der Waals surface area contributed by atoms with Gasteiger partial charge in [-0.05, 0) is 43.0 Å². The second-order valence-electron chi connectivity index (χ2n) is 4.10. The van der Waals surface area contributed by atoms with Gasteiger partial charge in [0.1, 0.15) is 0 Å². The molecule has 1 saturated heterocycles. The van der Waals surface area contributed by atoms with Crippen LogP contribution in [0.15, 0.2) is 18.2 Å². The van der Waals surface area contributed by atoms with Gasteiger partial charge in [-0.2, -0.15) is 0 Å². The van der Waals surface area contributed by atoms with Crippen LogP contribution in [0.5, 0.6) is 0 Å². The van der Waals surface area contributed by atoms with Crippen LogP contribution in [-0.2, 0) is 4.74 Å². The molecule has 2 nitrogen and oxygen atoms in total. The Kier molecular flexibility index (Phi) is 3.29. The zero-order valence-corrected chi connectivity index (χ0v) is 9.63. The van der Waals surface area contributed by atoms with Crippen LogP contribution in [0.1, 0.15) is 30.1 Å². The molecule has 1 heterocycles. The minimum atomic E-state index is 0.0380. The summed E-state index contributed by atoms with van der Waals surface area (Å²) >= 11 is 5.92. The first-order chi connectivity index (χ1) is 7.18. The van der Waals surface area contributed by atoms with E-state index >= 15 is 0 Å². The highest BCUT2D eigenvalue weighted by atomic mass is 35.5. The molecule has 3 heteroatoms. The number of aryl methyl sites for hydroxylation is 1. The van der Waals surface area contributed by atoms with E-state index in [-0.39, 0.29) is 12.1 Å². The van der Waals surface area contributed by atoms with Gasteiger partial charge in [-0.1, -0.05) is 17.7 Å². The maximum Gasteiger partial charge on any atom is 0.0978 e. The summed E-state index contributed by atoms with van der Waals surface area (Å²) in [7, 11) is 0. The van der Waals surface area contributed by atoms with Gasteiger partial charge in [-0.3, -0.25) is 0 Å². The van der Waals surface area contributed by atoms with E-state index in [4.69, 9.17) is 22.1 Å². The van der Waals surface area contributed by atoms with Crippen molar-refractivity contribution in [2.75, 3.05) is 6.61 Å². The fourth-order valence-electron chi connectivity index (χ4n) is 2.08. The average Bonchev–Trinajstić information content (AvgIpc) is 2.20. The molecule has 1 fully saturated rings. The van der Waals surface area contributed by atoms with E-state index in [0.29, 0.717) is 0 Å². The quantitative estimate of drug-likeness (QED) is 0.798. The molecule has 1 aliphatic heterocycles. The number of benzene rings is 1. The van der Waals surface area contributed by atoms with Crippen LogP contribution in [0.2, 0.25) is 5.02 Å². The predicted molar refractivity (Wildman–Crippen MR) is 62.1 cm³/mol. The predicted octanol–water partition coefficient (Wildman–Crippen LogP) is 2.83. The van der Waals surface area contributed by atoms with Gasteiger partial charge in [0.05, 0.1) is 6.10 Å². The van der Waals surface area contributed by atoms with Crippen molar-refractivity contribution in [1.29, 1.82) is 0 Å². The van der Waals surface area contributed by atoms with Crippen molar-refractivity contribution >= 4 is 11.6 Å². The molecule has 0 aromatic heterocycles. The molecule has 0 spiro atoms. The van der Waals surface area contributed by atoms with Crippen molar-refractivity contribution < 1.29 is 4.74 Å². The zero-order chi connectivity index (χ0) is 10.8. The van der Waals surface area contributed by atoms with Gasteiger partial charge in [0.2, 0.25) is 0 Å². The lowest BCUT2D eigenvalue weighted by Crippen LogP contribution is -2.34. The summed E-state index contributed by atoms with van der Waals surface area (Å²) in [6.45, 7) is 2.85. The third-order valence-electron chi connectivity index (χ3n) is 2.91. The number of hydrogen-bond acceptors (Lipinski definition) is 2. The van der Waals surface area contributed by atoms with Gasteiger partial charge in [-0.25, -0.2) is 0 Å². The van der Waals surface area contributed by atoms with E-state index in [0.717, 1.165) is 30.0 Å². The molecule has 0 radical (unpaired) electrons.